The van der Waals surface area contributed by atoms with E-state index in [1.54, 1.807) is 0 Å². The van der Waals surface area contributed by atoms with E-state index in [1.807, 2.05) is 0 Å². The van der Waals surface area contributed by atoms with E-state index >= 15 is 0 Å². The summed E-state index contributed by atoms with van der Waals surface area (Å²) in [6.07, 6.45) is 5.52. The first-order valence-electron chi connectivity index (χ1n) is 9.97. The lowest BCUT2D eigenvalue weighted by molar-refractivity contribution is -0.146. The molecule has 1 N–H and O–H groups in total. The van der Waals surface area contributed by atoms with Gasteiger partial charge in [-0.2, -0.15) is 0 Å². The molecule has 152 valence electrons. The van der Waals surface area contributed by atoms with Crippen LogP contribution in [0.3, 0.4) is 0 Å². The van der Waals surface area contributed by atoms with Crippen molar-refractivity contribution in [2.75, 3.05) is 52.9 Å². The summed E-state index contributed by atoms with van der Waals surface area (Å²) in [4.78, 5) is 21.3. The van der Waals surface area contributed by atoms with Crippen LogP contribution in [-0.4, -0.2) is 74.7 Å². The van der Waals surface area contributed by atoms with Crippen LogP contribution in [0.4, 0.5) is 0 Å². The lowest BCUT2D eigenvalue weighted by Crippen LogP contribution is -2.46. The molecule has 6 nitrogen and oxygen atoms in total. The normalized spacial score (nSPS) is 22.7. The molecule has 2 saturated heterocycles. The number of hydrogen-bond acceptors (Lipinski definition) is 4. The summed E-state index contributed by atoms with van der Waals surface area (Å²) >= 11 is 0. The van der Waals surface area contributed by atoms with E-state index in [1.165, 1.54) is 33.0 Å². The fourth-order valence-electron chi connectivity index (χ4n) is 3.89. The smallest absolute Gasteiger partial charge is 0.308 e. The number of nitrogens with zero attached hydrogens (tertiary/aromatic N) is 3. The van der Waals surface area contributed by atoms with Crippen LogP contribution in [0.1, 0.15) is 46.0 Å². The average molecular weight is 480 g/mol. The van der Waals surface area contributed by atoms with Gasteiger partial charge in [-0.1, -0.05) is 6.92 Å². The average Bonchev–Trinajstić information content (AvgIpc) is 2.64. The first kappa shape index (κ1) is 23.5. The van der Waals surface area contributed by atoms with Crippen LogP contribution >= 0.6 is 24.0 Å². The van der Waals surface area contributed by atoms with E-state index in [0.717, 1.165) is 63.9 Å². The summed E-state index contributed by atoms with van der Waals surface area (Å²) in [5.41, 5.74) is 0. The molecule has 2 aliphatic rings. The van der Waals surface area contributed by atoms with Crippen molar-refractivity contribution < 1.29 is 9.53 Å². The van der Waals surface area contributed by atoms with Crippen molar-refractivity contribution in [2.45, 2.75) is 46.0 Å². The van der Waals surface area contributed by atoms with E-state index < -0.39 is 0 Å². The lowest BCUT2D eigenvalue weighted by Gasteiger charge is -2.33. The maximum Gasteiger partial charge on any atom is 0.308 e. The molecule has 7 heteroatoms. The number of methoxy groups -OCH3 is 1. The van der Waals surface area contributed by atoms with Crippen molar-refractivity contribution in [2.24, 2.45) is 16.8 Å². The van der Waals surface area contributed by atoms with Gasteiger partial charge < -0.3 is 19.9 Å². The molecule has 0 spiro atoms. The molecule has 1 atom stereocenters. The quantitative estimate of drug-likeness (QED) is 0.208. The van der Waals surface area contributed by atoms with Crippen molar-refractivity contribution in [3.05, 3.63) is 0 Å². The zero-order valence-electron chi connectivity index (χ0n) is 16.7. The van der Waals surface area contributed by atoms with E-state index in [-0.39, 0.29) is 35.9 Å². The van der Waals surface area contributed by atoms with Crippen LogP contribution in [0.5, 0.6) is 0 Å². The third-order valence-electron chi connectivity index (χ3n) is 5.30. The summed E-state index contributed by atoms with van der Waals surface area (Å²) in [5.74, 6) is 1.81. The van der Waals surface area contributed by atoms with Gasteiger partial charge in [-0.25, -0.2) is 0 Å². The number of guanidine groups is 1. The Morgan fingerprint density at radius 3 is 2.58 bits per heavy atom. The van der Waals surface area contributed by atoms with Crippen LogP contribution in [0.25, 0.3) is 0 Å². The lowest BCUT2D eigenvalue weighted by atomic mass is 9.97. The second-order valence-electron chi connectivity index (χ2n) is 7.42. The number of piperidine rings is 2. The maximum absolute atomic E-state index is 11.7. The molecule has 0 amide bonds. The zero-order valence-corrected chi connectivity index (χ0v) is 19.0. The molecule has 2 fully saturated rings. The molecule has 0 radical (unpaired) electrons. The number of carbonyl (C=O) groups is 1. The van der Waals surface area contributed by atoms with Gasteiger partial charge in [0.25, 0.3) is 0 Å². The Kier molecular flexibility index (Phi) is 11.5. The number of hydrogen-bond donors (Lipinski definition) is 1. The Hall–Kier alpha value is -0.570. The number of ether oxygens (including phenoxy) is 1. The number of rotatable bonds is 6. The molecule has 2 rings (SSSR count). The number of halogens is 1. The Balaban J connectivity index is 0.00000338. The van der Waals surface area contributed by atoms with Gasteiger partial charge >= 0.3 is 5.97 Å². The highest BCUT2D eigenvalue weighted by Gasteiger charge is 2.26. The van der Waals surface area contributed by atoms with Gasteiger partial charge in [0, 0.05) is 32.7 Å². The molecule has 0 aliphatic carbocycles. The van der Waals surface area contributed by atoms with E-state index in [4.69, 9.17) is 9.73 Å². The summed E-state index contributed by atoms with van der Waals surface area (Å²) in [6.45, 7) is 11.6. The van der Waals surface area contributed by atoms with Crippen molar-refractivity contribution in [3.8, 4) is 0 Å². The number of esters is 1. The second-order valence-corrected chi connectivity index (χ2v) is 7.42. The molecule has 0 aromatic carbocycles. The van der Waals surface area contributed by atoms with Gasteiger partial charge in [-0.3, -0.25) is 9.79 Å². The second kappa shape index (κ2) is 12.8. The molecule has 0 bridgehead atoms. The molecule has 0 aromatic heterocycles. The van der Waals surface area contributed by atoms with Crippen molar-refractivity contribution in [3.63, 3.8) is 0 Å². The summed E-state index contributed by atoms with van der Waals surface area (Å²) in [7, 11) is 1.48. The monoisotopic (exact) mass is 480 g/mol. The number of carbonyl (C=O) groups excluding carboxylic acids is 1. The highest BCUT2D eigenvalue weighted by Crippen LogP contribution is 2.18. The molecule has 26 heavy (non-hydrogen) atoms. The SMILES string of the molecule is CCNC(=NCCCN1CCCC(C)C1)N1CCC(C(=O)OC)CC1.I. The van der Waals surface area contributed by atoms with Crippen LogP contribution in [0.2, 0.25) is 0 Å². The minimum atomic E-state index is -0.0719. The first-order chi connectivity index (χ1) is 12.1. The Bertz CT molecular complexity index is 439. The van der Waals surface area contributed by atoms with Crippen molar-refractivity contribution in [1.29, 1.82) is 0 Å². The minimum absolute atomic E-state index is 0. The molecule has 1 unspecified atom stereocenters. The molecule has 0 aromatic rings. The third kappa shape index (κ3) is 7.58. The van der Waals surface area contributed by atoms with E-state index in [9.17, 15) is 4.79 Å². The van der Waals surface area contributed by atoms with Gasteiger partial charge in [0.15, 0.2) is 5.96 Å². The van der Waals surface area contributed by atoms with Crippen LogP contribution in [0, 0.1) is 11.8 Å². The predicted octanol–water partition coefficient (Wildman–Crippen LogP) is 2.58. The van der Waals surface area contributed by atoms with Crippen LogP contribution in [0.15, 0.2) is 4.99 Å². The fourth-order valence-corrected chi connectivity index (χ4v) is 3.89. The van der Waals surface area contributed by atoms with Crippen molar-refractivity contribution in [1.82, 2.24) is 15.1 Å². The summed E-state index contributed by atoms with van der Waals surface area (Å²) in [5, 5.41) is 3.40. The van der Waals surface area contributed by atoms with E-state index in [2.05, 4.69) is 29.0 Å². The zero-order chi connectivity index (χ0) is 18.1. The number of nitrogens with one attached hydrogen (secondary N) is 1. The highest BCUT2D eigenvalue weighted by atomic mass is 127. The van der Waals surface area contributed by atoms with Gasteiger partial charge in [0.1, 0.15) is 0 Å². The molecule has 2 aliphatic heterocycles. The Morgan fingerprint density at radius 1 is 1.23 bits per heavy atom. The first-order valence-corrected chi connectivity index (χ1v) is 9.97. The van der Waals surface area contributed by atoms with Gasteiger partial charge in [-0.15, -0.1) is 24.0 Å². The van der Waals surface area contributed by atoms with Gasteiger partial charge in [0.2, 0.25) is 0 Å². The number of likely N-dealkylation sites (tertiary alicyclic amines) is 2. The van der Waals surface area contributed by atoms with Crippen LogP contribution in [-0.2, 0) is 9.53 Å². The minimum Gasteiger partial charge on any atom is -0.469 e. The van der Waals surface area contributed by atoms with Crippen LogP contribution < -0.4 is 5.32 Å². The molecule has 0 saturated carbocycles. The highest BCUT2D eigenvalue weighted by molar-refractivity contribution is 14.0. The van der Waals surface area contributed by atoms with E-state index in [0.29, 0.717) is 0 Å². The van der Waals surface area contributed by atoms with Gasteiger partial charge in [-0.05, 0) is 58.0 Å². The largest absolute Gasteiger partial charge is 0.469 e. The molecular weight excluding hydrogens is 443 g/mol. The standard InChI is InChI=1S/C19H36N4O2.HI/c1-4-20-19(23-13-8-17(9-14-23)18(24)25-3)21-10-6-12-22-11-5-7-16(2)15-22;/h16-17H,4-15H2,1-3H3,(H,20,21);1H. The Morgan fingerprint density at radius 2 is 1.96 bits per heavy atom. The Labute approximate surface area is 176 Å². The topological polar surface area (TPSA) is 57.2 Å². The summed E-state index contributed by atoms with van der Waals surface area (Å²) < 4.78 is 4.87. The third-order valence-corrected chi connectivity index (χ3v) is 5.30. The number of aliphatic imine (C=N–C) groups is 1. The van der Waals surface area contributed by atoms with Crippen molar-refractivity contribution >= 4 is 35.9 Å². The molecule has 2 heterocycles. The predicted molar refractivity (Wildman–Crippen MR) is 117 cm³/mol. The summed E-state index contributed by atoms with van der Waals surface area (Å²) in [6, 6.07) is 0. The maximum atomic E-state index is 11.7. The van der Waals surface area contributed by atoms with Gasteiger partial charge in [0.05, 0.1) is 13.0 Å². The fraction of sp³-hybridized carbons (Fsp3) is 0.895. The molecular formula is C19H37IN4O2.